The van der Waals surface area contributed by atoms with Gasteiger partial charge in [-0.3, -0.25) is 4.79 Å². The van der Waals surface area contributed by atoms with Crippen molar-refractivity contribution >= 4 is 5.78 Å². The zero-order valence-corrected chi connectivity index (χ0v) is 12.8. The van der Waals surface area contributed by atoms with Gasteiger partial charge in [-0.15, -0.1) is 0 Å². The van der Waals surface area contributed by atoms with Crippen LogP contribution in [0.4, 0.5) is 0 Å². The van der Waals surface area contributed by atoms with Crippen LogP contribution in [0, 0.1) is 0 Å². The molecule has 0 heterocycles. The van der Waals surface area contributed by atoms with Crippen LogP contribution in [0.3, 0.4) is 0 Å². The second-order valence-corrected chi connectivity index (χ2v) is 3.87. The van der Waals surface area contributed by atoms with Crippen molar-refractivity contribution in [1.29, 1.82) is 0 Å². The first kappa shape index (κ1) is 18.1. The summed E-state index contributed by atoms with van der Waals surface area (Å²) in [6.45, 7) is 5.73. The number of carbonyl (C=O) groups excluding carboxylic acids is 1. The van der Waals surface area contributed by atoms with Crippen molar-refractivity contribution in [2.24, 2.45) is 0 Å². The first-order valence-corrected chi connectivity index (χ1v) is 6.83. The van der Waals surface area contributed by atoms with E-state index < -0.39 is 0 Å². The molecule has 0 saturated heterocycles. The van der Waals surface area contributed by atoms with E-state index in [1.54, 1.807) is 0 Å². The molecule has 0 radical (unpaired) electrons. The van der Waals surface area contributed by atoms with Crippen molar-refractivity contribution in [2.75, 3.05) is 13.7 Å². The maximum absolute atomic E-state index is 9.92. The average Bonchev–Trinajstić information content (AvgIpc) is 2.52. The van der Waals surface area contributed by atoms with E-state index in [-0.39, 0.29) is 12.4 Å². The van der Waals surface area contributed by atoms with E-state index in [0.29, 0.717) is 0 Å². The monoisotopic (exact) mass is 272 g/mol. The van der Waals surface area contributed by atoms with Crippen molar-refractivity contribution in [3.63, 3.8) is 0 Å². The summed E-state index contributed by atoms with van der Waals surface area (Å²) in [6, 6.07) is 20.8. The molecule has 2 nitrogen and oxygen atoms in total. The SMILES string of the molecule is CC.COCC(C)=O.c1ccc(-c2ccccc2)cc1. The summed E-state index contributed by atoms with van der Waals surface area (Å²) in [5, 5.41) is 0. The number of benzene rings is 2. The Morgan fingerprint density at radius 3 is 1.40 bits per heavy atom. The maximum Gasteiger partial charge on any atom is 0.155 e. The molecule has 0 aliphatic rings. The van der Waals surface area contributed by atoms with Gasteiger partial charge in [0.05, 0.1) is 0 Å². The highest BCUT2D eigenvalue weighted by atomic mass is 16.5. The third kappa shape index (κ3) is 8.22. The predicted octanol–water partition coefficient (Wildman–Crippen LogP) is 4.60. The van der Waals surface area contributed by atoms with Crippen LogP contribution in [-0.2, 0) is 9.53 Å². The molecule has 0 amide bonds. The molecule has 0 aliphatic carbocycles. The van der Waals surface area contributed by atoms with Crippen LogP contribution in [-0.4, -0.2) is 19.5 Å². The summed E-state index contributed by atoms with van der Waals surface area (Å²) < 4.78 is 4.45. The number of hydrogen-bond acceptors (Lipinski definition) is 2. The van der Waals surface area contributed by atoms with Gasteiger partial charge < -0.3 is 4.74 Å². The van der Waals surface area contributed by atoms with E-state index in [4.69, 9.17) is 0 Å². The van der Waals surface area contributed by atoms with Crippen molar-refractivity contribution in [2.45, 2.75) is 20.8 Å². The Hall–Kier alpha value is -1.93. The smallest absolute Gasteiger partial charge is 0.155 e. The van der Waals surface area contributed by atoms with Crippen LogP contribution in [0.5, 0.6) is 0 Å². The molecule has 0 aliphatic heterocycles. The molecule has 0 aromatic heterocycles. The fourth-order valence-electron chi connectivity index (χ4n) is 1.46. The van der Waals surface area contributed by atoms with Crippen LogP contribution in [0.25, 0.3) is 11.1 Å². The van der Waals surface area contributed by atoms with E-state index in [1.807, 2.05) is 26.0 Å². The zero-order valence-electron chi connectivity index (χ0n) is 12.8. The van der Waals surface area contributed by atoms with Crippen LogP contribution in [0.1, 0.15) is 20.8 Å². The van der Waals surface area contributed by atoms with Crippen LogP contribution in [0.15, 0.2) is 60.7 Å². The fraction of sp³-hybridized carbons (Fsp3) is 0.278. The summed E-state index contributed by atoms with van der Waals surface area (Å²) in [5.74, 6) is 0.0671. The molecular formula is C18H24O2. The lowest BCUT2D eigenvalue weighted by molar-refractivity contribution is -0.120. The molecule has 20 heavy (non-hydrogen) atoms. The minimum Gasteiger partial charge on any atom is -0.377 e. The van der Waals surface area contributed by atoms with Crippen LogP contribution < -0.4 is 0 Å². The average molecular weight is 272 g/mol. The number of ether oxygens (including phenoxy) is 1. The van der Waals surface area contributed by atoms with Gasteiger partial charge in [0.15, 0.2) is 5.78 Å². The van der Waals surface area contributed by atoms with Gasteiger partial charge in [-0.1, -0.05) is 74.5 Å². The van der Waals surface area contributed by atoms with Crippen molar-refractivity contribution < 1.29 is 9.53 Å². The van der Waals surface area contributed by atoms with Gasteiger partial charge >= 0.3 is 0 Å². The molecular weight excluding hydrogens is 248 g/mol. The third-order valence-corrected chi connectivity index (χ3v) is 2.23. The second kappa shape index (κ2) is 12.1. The van der Waals surface area contributed by atoms with Crippen molar-refractivity contribution in [3.8, 4) is 11.1 Å². The number of hydrogen-bond donors (Lipinski definition) is 0. The Labute approximate surface area is 122 Å². The topological polar surface area (TPSA) is 26.3 Å². The van der Waals surface area contributed by atoms with Gasteiger partial charge in [0.2, 0.25) is 0 Å². The largest absolute Gasteiger partial charge is 0.377 e. The molecule has 108 valence electrons. The minimum atomic E-state index is 0.0671. The molecule has 0 bridgehead atoms. The first-order valence-electron chi connectivity index (χ1n) is 6.83. The molecule has 2 aromatic rings. The standard InChI is InChI=1S/C12H10.C4H8O2.C2H6/c1-3-7-11(8-4-1)12-9-5-2-6-10-12;1-4(5)3-6-2;1-2/h1-10H;3H2,1-2H3;1-2H3. The predicted molar refractivity (Wildman–Crippen MR) is 85.8 cm³/mol. The fourth-order valence-corrected chi connectivity index (χ4v) is 1.46. The highest BCUT2D eigenvalue weighted by Gasteiger charge is 1.91. The molecule has 0 fully saturated rings. The number of carbonyl (C=O) groups is 1. The van der Waals surface area contributed by atoms with Gasteiger partial charge in [-0.2, -0.15) is 0 Å². The van der Waals surface area contributed by atoms with E-state index in [2.05, 4.69) is 53.3 Å². The summed E-state index contributed by atoms with van der Waals surface area (Å²) >= 11 is 0. The highest BCUT2D eigenvalue weighted by molar-refractivity contribution is 5.76. The molecule has 2 heteroatoms. The van der Waals surface area contributed by atoms with Gasteiger partial charge in [0, 0.05) is 7.11 Å². The minimum absolute atomic E-state index is 0.0671. The lowest BCUT2D eigenvalue weighted by atomic mass is 10.1. The molecule has 0 atom stereocenters. The summed E-state index contributed by atoms with van der Waals surface area (Å²) in [6.07, 6.45) is 0. The Kier molecular flexibility index (Phi) is 11.0. The Morgan fingerprint density at radius 2 is 1.20 bits per heavy atom. The summed E-state index contributed by atoms with van der Waals surface area (Å²) in [4.78, 5) is 9.92. The van der Waals surface area contributed by atoms with Gasteiger partial charge in [0.1, 0.15) is 6.61 Å². The van der Waals surface area contributed by atoms with Crippen molar-refractivity contribution in [1.82, 2.24) is 0 Å². The number of ketones is 1. The third-order valence-electron chi connectivity index (χ3n) is 2.23. The van der Waals surface area contributed by atoms with E-state index in [0.717, 1.165) is 0 Å². The van der Waals surface area contributed by atoms with Crippen LogP contribution in [0.2, 0.25) is 0 Å². The zero-order chi connectivity index (χ0) is 15.2. The number of rotatable bonds is 3. The second-order valence-electron chi connectivity index (χ2n) is 3.87. The Bertz CT molecular complexity index is 412. The van der Waals surface area contributed by atoms with Gasteiger partial charge in [-0.25, -0.2) is 0 Å². The molecule has 2 rings (SSSR count). The van der Waals surface area contributed by atoms with Crippen LogP contribution >= 0.6 is 0 Å². The van der Waals surface area contributed by atoms with Crippen molar-refractivity contribution in [3.05, 3.63) is 60.7 Å². The molecule has 0 saturated carbocycles. The number of Topliss-reactive ketones (excluding diaryl/α,β-unsaturated/α-hetero) is 1. The maximum atomic E-state index is 9.92. The quantitative estimate of drug-likeness (QED) is 0.816. The molecule has 0 spiro atoms. The van der Waals surface area contributed by atoms with E-state index in [9.17, 15) is 4.79 Å². The lowest BCUT2D eigenvalue weighted by Crippen LogP contribution is -1.98. The number of methoxy groups -OCH3 is 1. The molecule has 2 aromatic carbocycles. The first-order chi connectivity index (χ1) is 9.74. The van der Waals surface area contributed by atoms with E-state index >= 15 is 0 Å². The summed E-state index contributed by atoms with van der Waals surface area (Å²) in [5.41, 5.74) is 2.55. The van der Waals surface area contributed by atoms with Gasteiger partial charge in [0.25, 0.3) is 0 Å². The molecule has 0 unspecified atom stereocenters. The normalized spacial score (nSPS) is 8.60. The molecule has 0 N–H and O–H groups in total. The van der Waals surface area contributed by atoms with E-state index in [1.165, 1.54) is 25.2 Å². The van der Waals surface area contributed by atoms with Gasteiger partial charge in [-0.05, 0) is 18.1 Å². The Morgan fingerprint density at radius 1 is 0.850 bits per heavy atom. The highest BCUT2D eigenvalue weighted by Crippen LogP contribution is 2.17. The Balaban J connectivity index is 0.000000387. The summed E-state index contributed by atoms with van der Waals surface area (Å²) in [7, 11) is 1.50. The lowest BCUT2D eigenvalue weighted by Gasteiger charge is -1.98.